The summed E-state index contributed by atoms with van der Waals surface area (Å²) in [7, 11) is -3.71. The van der Waals surface area contributed by atoms with Crippen molar-refractivity contribution in [3.63, 3.8) is 0 Å². The summed E-state index contributed by atoms with van der Waals surface area (Å²) in [5.41, 5.74) is 0.926. The lowest BCUT2D eigenvalue weighted by Crippen LogP contribution is -2.63. The molecule has 0 aromatic heterocycles. The van der Waals surface area contributed by atoms with Crippen LogP contribution in [0.5, 0.6) is 0 Å². The second-order valence-electron chi connectivity index (χ2n) is 8.21. The number of thiocarbonyl (C=S) groups is 1. The number of carbonyl (C=O) groups excluding carboxylic acids is 1. The Labute approximate surface area is 182 Å². The third-order valence-corrected chi connectivity index (χ3v) is 7.67. The average Bonchev–Trinajstić information content (AvgIpc) is 2.74. The van der Waals surface area contributed by atoms with Crippen LogP contribution in [0.2, 0.25) is 0 Å². The zero-order valence-electron chi connectivity index (χ0n) is 16.8. The molecule has 3 unspecified atom stereocenters. The molecule has 10 heteroatoms. The molecule has 164 valence electrons. The summed E-state index contributed by atoms with van der Waals surface area (Å²) >= 11 is 5.48. The van der Waals surface area contributed by atoms with Gasteiger partial charge in [-0.3, -0.25) is 14.6 Å². The van der Waals surface area contributed by atoms with Crippen LogP contribution in [-0.4, -0.2) is 74.2 Å². The lowest BCUT2D eigenvalue weighted by atomic mass is 9.79. The predicted octanol–water partition coefficient (Wildman–Crippen LogP) is 0.463. The first kappa shape index (κ1) is 21.6. The molecule has 8 nitrogen and oxygen atoms in total. The largest absolute Gasteiger partial charge is 0.379 e. The Hall–Kier alpha value is -1.59. The lowest BCUT2D eigenvalue weighted by molar-refractivity contribution is -0.136. The van der Waals surface area contributed by atoms with Gasteiger partial charge in [0.15, 0.2) is 5.11 Å². The molecule has 0 spiro atoms. The molecule has 3 fully saturated rings. The van der Waals surface area contributed by atoms with Gasteiger partial charge in [-0.15, -0.1) is 0 Å². The zero-order valence-corrected chi connectivity index (χ0v) is 18.5. The van der Waals surface area contributed by atoms with Crippen molar-refractivity contribution in [1.82, 2.24) is 15.1 Å². The molecule has 0 bridgehead atoms. The van der Waals surface area contributed by atoms with Crippen molar-refractivity contribution in [2.75, 3.05) is 32.8 Å². The molecule has 2 saturated heterocycles. The number of benzene rings is 1. The van der Waals surface area contributed by atoms with Gasteiger partial charge in [-0.1, -0.05) is 12.1 Å². The molecule has 2 heterocycles. The number of hydrogen-bond acceptors (Lipinski definition) is 6. The van der Waals surface area contributed by atoms with Crippen LogP contribution in [0, 0.1) is 5.92 Å². The minimum atomic E-state index is -3.71. The summed E-state index contributed by atoms with van der Waals surface area (Å²) in [6, 6.07) is 6.96. The van der Waals surface area contributed by atoms with E-state index in [0.717, 1.165) is 51.1 Å². The smallest absolute Gasteiger partial charge is 0.238 e. The van der Waals surface area contributed by atoms with Gasteiger partial charge < -0.3 is 10.1 Å². The number of morpholine rings is 1. The van der Waals surface area contributed by atoms with Crippen LogP contribution in [0.1, 0.15) is 24.8 Å². The minimum Gasteiger partial charge on any atom is -0.379 e. The summed E-state index contributed by atoms with van der Waals surface area (Å²) in [4.78, 5) is 17.5. The molecule has 1 aromatic rings. The van der Waals surface area contributed by atoms with Crippen LogP contribution in [0.3, 0.4) is 0 Å². The standard InChI is InChI=1S/C20H28N4O4S2/c21-30(26,27)16-4-1-14(2-5-16)7-8-24-19(25)17-13-15(23-9-11-28-12-10-23)3-6-18(17)22-20(24)29/h1-2,4-5,15,17-18H,3,6-13H2,(H,22,29)(H2,21,26,27). The third kappa shape index (κ3) is 4.67. The van der Waals surface area contributed by atoms with Crippen LogP contribution in [0.15, 0.2) is 29.2 Å². The van der Waals surface area contributed by atoms with Crippen molar-refractivity contribution in [2.24, 2.45) is 11.1 Å². The zero-order chi connectivity index (χ0) is 21.3. The molecule has 3 atom stereocenters. The van der Waals surface area contributed by atoms with E-state index >= 15 is 0 Å². The van der Waals surface area contributed by atoms with Crippen LogP contribution >= 0.6 is 12.2 Å². The van der Waals surface area contributed by atoms with Gasteiger partial charge in [0.1, 0.15) is 0 Å². The maximum absolute atomic E-state index is 13.3. The van der Waals surface area contributed by atoms with Gasteiger partial charge in [-0.05, 0) is 55.6 Å². The van der Waals surface area contributed by atoms with Crippen molar-refractivity contribution in [3.8, 4) is 0 Å². The molecule has 30 heavy (non-hydrogen) atoms. The maximum Gasteiger partial charge on any atom is 0.238 e. The Kier molecular flexibility index (Phi) is 6.40. The summed E-state index contributed by atoms with van der Waals surface area (Å²) in [6.45, 7) is 3.85. The van der Waals surface area contributed by atoms with E-state index in [1.54, 1.807) is 17.0 Å². The Morgan fingerprint density at radius 3 is 2.53 bits per heavy atom. The van der Waals surface area contributed by atoms with Gasteiger partial charge >= 0.3 is 0 Å². The van der Waals surface area contributed by atoms with Crippen molar-refractivity contribution in [3.05, 3.63) is 29.8 Å². The number of nitrogens with one attached hydrogen (secondary N) is 1. The van der Waals surface area contributed by atoms with Crippen molar-refractivity contribution in [2.45, 2.75) is 42.7 Å². The van der Waals surface area contributed by atoms with Gasteiger partial charge in [0.25, 0.3) is 0 Å². The van der Waals surface area contributed by atoms with E-state index in [9.17, 15) is 13.2 Å². The molecule has 4 rings (SSSR count). The molecular weight excluding hydrogens is 424 g/mol. The van der Waals surface area contributed by atoms with E-state index in [4.69, 9.17) is 22.1 Å². The van der Waals surface area contributed by atoms with Gasteiger partial charge in [-0.2, -0.15) is 0 Å². The van der Waals surface area contributed by atoms with E-state index in [1.807, 2.05) is 0 Å². The highest BCUT2D eigenvalue weighted by Crippen LogP contribution is 2.32. The van der Waals surface area contributed by atoms with E-state index in [2.05, 4.69) is 10.2 Å². The molecule has 1 amide bonds. The summed E-state index contributed by atoms with van der Waals surface area (Å²) in [5.74, 6) is 0.0333. The first-order chi connectivity index (χ1) is 14.3. The summed E-state index contributed by atoms with van der Waals surface area (Å²) in [5, 5.41) is 9.02. The highest BCUT2D eigenvalue weighted by molar-refractivity contribution is 7.89. The number of nitrogens with zero attached hydrogens (tertiary/aromatic N) is 2. The fourth-order valence-electron chi connectivity index (χ4n) is 4.70. The number of primary sulfonamides is 1. The SMILES string of the molecule is NS(=O)(=O)c1ccc(CCN2C(=O)C3CC(N4CCOCC4)CCC3NC2=S)cc1. The molecule has 1 saturated carbocycles. The van der Waals surface area contributed by atoms with Gasteiger partial charge in [0.05, 0.1) is 24.0 Å². The predicted molar refractivity (Wildman–Crippen MR) is 116 cm³/mol. The average molecular weight is 453 g/mol. The number of carbonyl (C=O) groups is 1. The summed E-state index contributed by atoms with van der Waals surface area (Å²) in [6.07, 6.45) is 3.45. The second kappa shape index (κ2) is 8.88. The van der Waals surface area contributed by atoms with Gasteiger partial charge in [0.2, 0.25) is 15.9 Å². The number of rotatable bonds is 5. The number of sulfonamides is 1. The first-order valence-corrected chi connectivity index (χ1v) is 12.3. The Morgan fingerprint density at radius 1 is 1.17 bits per heavy atom. The van der Waals surface area contributed by atoms with Crippen LogP contribution in [0.25, 0.3) is 0 Å². The maximum atomic E-state index is 13.3. The molecule has 3 aliphatic rings. The number of nitrogens with two attached hydrogens (primary N) is 1. The first-order valence-electron chi connectivity index (χ1n) is 10.4. The highest BCUT2D eigenvalue weighted by atomic mass is 32.2. The quantitative estimate of drug-likeness (QED) is 0.626. The Bertz CT molecular complexity index is 900. The fraction of sp³-hybridized carbons (Fsp3) is 0.600. The normalized spacial score (nSPS) is 28.2. The topological polar surface area (TPSA) is 105 Å². The third-order valence-electron chi connectivity index (χ3n) is 6.40. The van der Waals surface area contributed by atoms with Crippen LogP contribution in [-0.2, 0) is 26.0 Å². The number of fused-ring (bicyclic) bond motifs is 1. The molecule has 2 aliphatic heterocycles. The number of amides is 1. The molecule has 0 radical (unpaired) electrons. The molecule has 3 N–H and O–H groups in total. The molecule has 1 aromatic carbocycles. The molecular formula is C20H28N4O4S2. The van der Waals surface area contributed by atoms with E-state index in [1.165, 1.54) is 12.1 Å². The summed E-state index contributed by atoms with van der Waals surface area (Å²) < 4.78 is 28.3. The van der Waals surface area contributed by atoms with Crippen molar-refractivity contribution >= 4 is 33.3 Å². The van der Waals surface area contributed by atoms with E-state index < -0.39 is 10.0 Å². The Morgan fingerprint density at radius 2 is 1.87 bits per heavy atom. The van der Waals surface area contributed by atoms with Crippen molar-refractivity contribution < 1.29 is 17.9 Å². The molecule has 1 aliphatic carbocycles. The lowest BCUT2D eigenvalue weighted by Gasteiger charge is -2.46. The fourth-order valence-corrected chi connectivity index (χ4v) is 5.55. The van der Waals surface area contributed by atoms with Gasteiger partial charge in [-0.25, -0.2) is 13.6 Å². The number of ether oxygens (including phenoxy) is 1. The van der Waals surface area contributed by atoms with E-state index in [0.29, 0.717) is 24.1 Å². The van der Waals surface area contributed by atoms with Crippen molar-refractivity contribution in [1.29, 1.82) is 0 Å². The van der Waals surface area contributed by atoms with E-state index in [-0.39, 0.29) is 22.8 Å². The Balaban J connectivity index is 1.39. The van der Waals surface area contributed by atoms with Crippen LogP contribution < -0.4 is 10.5 Å². The van der Waals surface area contributed by atoms with Gasteiger partial charge in [0, 0.05) is 31.7 Å². The van der Waals surface area contributed by atoms with Crippen LogP contribution in [0.4, 0.5) is 0 Å². The highest BCUT2D eigenvalue weighted by Gasteiger charge is 2.43. The minimum absolute atomic E-state index is 0.0666. The number of hydrogen-bond donors (Lipinski definition) is 2. The monoisotopic (exact) mass is 452 g/mol. The second-order valence-corrected chi connectivity index (χ2v) is 10.2.